The lowest BCUT2D eigenvalue weighted by Crippen LogP contribution is -2.70. The number of fused-ring (bicyclic) bond motifs is 2. The number of amides is 1. The molecule has 4 aliphatic rings. The number of allylic oxidation sites excluding steroid dienone is 1. The fourth-order valence-electron chi connectivity index (χ4n) is 9.99. The lowest BCUT2D eigenvalue weighted by atomic mass is 9.55. The number of aryl methyl sites for hydroxylation is 1. The fraction of sp³-hybridized carbons (Fsp3) is 0.540. The standard InChI is InChI=1S/C50H64N4O13/c1-3-26-64-50-45(53(22-28-61-29-25-57)49(58)65-38-18-16-37(17-19-38)54(59)60)32-43(52-67-46-15-6-9-27-62-46)41-30-35(12-4-7-23-55)40(14-5-8-24-56)47(48(41)50)42-31-39(20-21-44(42)66-50)63-33-36-13-10-11-34(2)51-36/h3,10-11,13,16-21,30-31,35,40,45-48,55-57H,1,4-9,12,14-15,22-29,32-33H2,2H3/t35-,40+,45-,46?,47+,48+,50+/m0/s1. The lowest BCUT2D eigenvalue weighted by molar-refractivity contribution is -0.384. The SMILES string of the molecule is C=CCO[C@@]12Oc3ccc(OCc4cccc(C)n4)cc3[C@H]3[C@H](CCCCO)[C@@H](CCCCO)C=C(C(=NOC4CCCCO4)C[C@@H]1N(CCOCCO)C(=O)Oc1ccc([N+](=O)[O-])cc1)[C@H]32. The van der Waals surface area contributed by atoms with Crippen molar-refractivity contribution in [2.24, 2.45) is 22.9 Å². The van der Waals surface area contributed by atoms with Crippen LogP contribution in [0.25, 0.3) is 0 Å². The number of benzene rings is 2. The maximum atomic E-state index is 14.8. The summed E-state index contributed by atoms with van der Waals surface area (Å²) in [6.45, 7) is 6.61. The minimum Gasteiger partial charge on any atom is -0.487 e. The Morgan fingerprint density at radius 2 is 1.81 bits per heavy atom. The van der Waals surface area contributed by atoms with Gasteiger partial charge in [-0.3, -0.25) is 20.0 Å². The molecular weight excluding hydrogens is 865 g/mol. The van der Waals surface area contributed by atoms with Gasteiger partial charge in [-0.1, -0.05) is 36.2 Å². The maximum Gasteiger partial charge on any atom is 0.415 e. The summed E-state index contributed by atoms with van der Waals surface area (Å²) in [5.74, 6) is -1.39. The van der Waals surface area contributed by atoms with E-state index in [-0.39, 0.29) is 88.4 Å². The number of nitrogens with zero attached hydrogens (tertiary/aromatic N) is 4. The Morgan fingerprint density at radius 3 is 2.52 bits per heavy atom. The molecule has 1 amide bonds. The molecule has 0 bridgehead atoms. The van der Waals surface area contributed by atoms with Crippen LogP contribution in [0.15, 0.2) is 90.1 Å². The summed E-state index contributed by atoms with van der Waals surface area (Å²) in [6.07, 6.45) is 9.31. The van der Waals surface area contributed by atoms with E-state index in [4.69, 9.17) is 38.4 Å². The molecule has 3 heterocycles. The first-order valence-corrected chi connectivity index (χ1v) is 23.5. The molecule has 0 radical (unpaired) electrons. The van der Waals surface area contributed by atoms with Gasteiger partial charge in [0, 0.05) is 61.9 Å². The van der Waals surface area contributed by atoms with Gasteiger partial charge in [0.2, 0.25) is 12.1 Å². The summed E-state index contributed by atoms with van der Waals surface area (Å²) in [6, 6.07) is 15.8. The number of hydrogen-bond donors (Lipinski definition) is 3. The highest BCUT2D eigenvalue weighted by Crippen LogP contribution is 2.62. The molecule has 2 fully saturated rings. The van der Waals surface area contributed by atoms with Crippen LogP contribution in [0, 0.1) is 34.8 Å². The molecule has 2 aliphatic carbocycles. The van der Waals surface area contributed by atoms with Gasteiger partial charge in [0.15, 0.2) is 0 Å². The molecule has 17 nitrogen and oxygen atoms in total. The van der Waals surface area contributed by atoms with E-state index in [1.165, 1.54) is 29.2 Å². The summed E-state index contributed by atoms with van der Waals surface area (Å²) in [7, 11) is 0. The molecule has 1 aromatic heterocycles. The fourth-order valence-corrected chi connectivity index (χ4v) is 9.99. The highest BCUT2D eigenvalue weighted by atomic mass is 16.8. The summed E-state index contributed by atoms with van der Waals surface area (Å²) >= 11 is 0. The smallest absolute Gasteiger partial charge is 0.415 e. The summed E-state index contributed by atoms with van der Waals surface area (Å²) in [5.41, 5.74) is 3.79. The van der Waals surface area contributed by atoms with E-state index in [9.17, 15) is 30.2 Å². The van der Waals surface area contributed by atoms with Crippen molar-refractivity contribution in [2.45, 2.75) is 102 Å². The molecule has 1 unspecified atom stereocenters. The second-order valence-corrected chi connectivity index (χ2v) is 17.4. The Balaban J connectivity index is 1.41. The Bertz CT molecular complexity index is 2180. The van der Waals surface area contributed by atoms with Gasteiger partial charge in [0.05, 0.1) is 55.3 Å². The highest BCUT2D eigenvalue weighted by Gasteiger charge is 2.65. The van der Waals surface area contributed by atoms with Crippen molar-refractivity contribution in [1.82, 2.24) is 9.88 Å². The molecule has 1 saturated heterocycles. The molecule has 7 rings (SSSR count). The van der Waals surface area contributed by atoms with E-state index < -0.39 is 35.1 Å². The average molecular weight is 929 g/mol. The number of hydrogen-bond acceptors (Lipinski definition) is 15. The van der Waals surface area contributed by atoms with Crippen LogP contribution in [0.5, 0.6) is 17.2 Å². The Kier molecular flexibility index (Phi) is 17.7. The van der Waals surface area contributed by atoms with Gasteiger partial charge in [-0.2, -0.15) is 0 Å². The Hall–Kier alpha value is -5.43. The molecule has 1 saturated carbocycles. The zero-order valence-corrected chi connectivity index (χ0v) is 38.2. The normalized spacial score (nSPS) is 24.7. The molecule has 2 aliphatic heterocycles. The number of unbranched alkanes of at least 4 members (excludes halogenated alkanes) is 2. The number of ether oxygens (including phenoxy) is 6. The first-order chi connectivity index (χ1) is 32.7. The number of aromatic nitrogens is 1. The number of carbonyl (C=O) groups excluding carboxylic acids is 1. The van der Waals surface area contributed by atoms with E-state index in [1.807, 2.05) is 43.3 Å². The second-order valence-electron chi connectivity index (χ2n) is 17.4. The van der Waals surface area contributed by atoms with Crippen LogP contribution in [0.2, 0.25) is 0 Å². The van der Waals surface area contributed by atoms with Gasteiger partial charge < -0.3 is 48.6 Å². The predicted molar refractivity (Wildman–Crippen MR) is 247 cm³/mol. The topological polar surface area (TPSA) is 214 Å². The van der Waals surface area contributed by atoms with Crippen molar-refractivity contribution in [3.05, 3.63) is 112 Å². The minimum absolute atomic E-state index is 0.00341. The van der Waals surface area contributed by atoms with Crippen molar-refractivity contribution in [2.75, 3.05) is 52.8 Å². The monoisotopic (exact) mass is 928 g/mol. The number of nitro benzene ring substituents is 1. The molecule has 67 heavy (non-hydrogen) atoms. The largest absolute Gasteiger partial charge is 0.487 e. The molecular formula is C50H64N4O13. The number of non-ortho nitro benzene ring substituents is 1. The summed E-state index contributed by atoms with van der Waals surface area (Å²) < 4.78 is 38.6. The van der Waals surface area contributed by atoms with E-state index in [0.29, 0.717) is 43.1 Å². The zero-order valence-electron chi connectivity index (χ0n) is 38.2. The number of aliphatic hydroxyl groups excluding tert-OH is 3. The van der Waals surface area contributed by atoms with Crippen LogP contribution in [-0.4, -0.2) is 113 Å². The van der Waals surface area contributed by atoms with E-state index in [2.05, 4.69) is 17.6 Å². The quantitative estimate of drug-likeness (QED) is 0.0343. The molecule has 17 heteroatoms. The van der Waals surface area contributed by atoms with Crippen LogP contribution >= 0.6 is 0 Å². The van der Waals surface area contributed by atoms with Gasteiger partial charge in [-0.15, -0.1) is 6.58 Å². The van der Waals surface area contributed by atoms with E-state index in [1.54, 1.807) is 6.08 Å². The van der Waals surface area contributed by atoms with Gasteiger partial charge in [0.25, 0.3) is 5.69 Å². The highest BCUT2D eigenvalue weighted by molar-refractivity contribution is 6.03. The second kappa shape index (κ2) is 24.0. The molecule has 0 spiro atoms. The predicted octanol–water partition coefficient (Wildman–Crippen LogP) is 7.55. The number of nitro groups is 1. The average Bonchev–Trinajstić information content (AvgIpc) is 3.33. The number of oxime groups is 1. The van der Waals surface area contributed by atoms with Crippen LogP contribution in [0.3, 0.4) is 0 Å². The van der Waals surface area contributed by atoms with Gasteiger partial charge in [0.1, 0.15) is 29.9 Å². The zero-order chi connectivity index (χ0) is 47.2. The van der Waals surface area contributed by atoms with Crippen molar-refractivity contribution >= 4 is 17.5 Å². The lowest BCUT2D eigenvalue weighted by Gasteiger charge is -2.59. The molecule has 362 valence electrons. The van der Waals surface area contributed by atoms with Crippen LogP contribution in [-0.2, 0) is 25.7 Å². The third kappa shape index (κ3) is 12.0. The number of carbonyl (C=O) groups is 1. The number of pyridine rings is 1. The van der Waals surface area contributed by atoms with Gasteiger partial charge in [-0.05, 0) is 105 Å². The first kappa shape index (κ1) is 49.5. The Labute approximate surface area is 391 Å². The van der Waals surface area contributed by atoms with Crippen LogP contribution in [0.1, 0.15) is 87.1 Å². The minimum atomic E-state index is -1.61. The molecule has 7 atom stereocenters. The van der Waals surface area contributed by atoms with Crippen LogP contribution < -0.4 is 14.2 Å². The molecule has 3 N–H and O–H groups in total. The third-order valence-corrected chi connectivity index (χ3v) is 13.0. The molecule has 2 aromatic carbocycles. The Morgan fingerprint density at radius 1 is 1.01 bits per heavy atom. The van der Waals surface area contributed by atoms with Gasteiger partial charge in [-0.25, -0.2) is 4.79 Å². The number of aliphatic hydroxyl groups is 3. The van der Waals surface area contributed by atoms with Crippen molar-refractivity contribution in [1.29, 1.82) is 0 Å². The maximum absolute atomic E-state index is 14.8. The van der Waals surface area contributed by atoms with Crippen LogP contribution in [0.4, 0.5) is 10.5 Å². The first-order valence-electron chi connectivity index (χ1n) is 23.5. The molecule has 3 aromatic rings. The third-order valence-electron chi connectivity index (χ3n) is 13.0. The van der Waals surface area contributed by atoms with E-state index in [0.717, 1.165) is 61.0 Å². The van der Waals surface area contributed by atoms with Crippen molar-refractivity contribution in [3.8, 4) is 17.2 Å². The van der Waals surface area contributed by atoms with Crippen molar-refractivity contribution < 1.29 is 58.3 Å². The summed E-state index contributed by atoms with van der Waals surface area (Å²) in [5, 5.41) is 46.0. The number of rotatable bonds is 24. The van der Waals surface area contributed by atoms with Crippen molar-refractivity contribution in [3.63, 3.8) is 0 Å². The van der Waals surface area contributed by atoms with Gasteiger partial charge >= 0.3 is 6.09 Å². The van der Waals surface area contributed by atoms with E-state index >= 15 is 0 Å². The summed E-state index contributed by atoms with van der Waals surface area (Å²) in [4.78, 5) is 38.2.